The Bertz CT molecular complexity index is 1050. The minimum absolute atomic E-state index is 0.0509. The van der Waals surface area contributed by atoms with Crippen LogP contribution in [0, 0.1) is 13.8 Å². The number of nitrogens with zero attached hydrogens (tertiary/aromatic N) is 4. The first-order valence-corrected chi connectivity index (χ1v) is 10.4. The van der Waals surface area contributed by atoms with Crippen LogP contribution in [0.25, 0.3) is 11.0 Å². The average Bonchev–Trinajstić information content (AvgIpc) is 3.02. The molecule has 1 aliphatic rings. The van der Waals surface area contributed by atoms with Gasteiger partial charge in [0.1, 0.15) is 0 Å². The molecule has 0 saturated carbocycles. The standard InChI is InChI=1S/C22H26ClN5O/c1-14-6-4-5-7-16(14)12-24-17-8-10-28(11-9-17)22(29)18-13-25-21-19(20(18)23)15(2)26-27(21)3/h4-7,13,17,24H,8-12H2,1-3H3. The summed E-state index contributed by atoms with van der Waals surface area (Å²) in [6.45, 7) is 6.31. The molecular formula is C22H26ClN5O. The van der Waals surface area contributed by atoms with Crippen LogP contribution in [0.5, 0.6) is 0 Å². The zero-order chi connectivity index (χ0) is 20.5. The summed E-state index contributed by atoms with van der Waals surface area (Å²) in [5, 5.41) is 9.21. The predicted octanol–water partition coefficient (Wildman–Crippen LogP) is 3.63. The molecular weight excluding hydrogens is 386 g/mol. The number of aromatic nitrogens is 3. The lowest BCUT2D eigenvalue weighted by atomic mass is 10.0. The molecule has 1 aromatic carbocycles. The number of pyridine rings is 1. The van der Waals surface area contributed by atoms with E-state index in [2.05, 4.69) is 46.6 Å². The van der Waals surface area contributed by atoms with Crippen LogP contribution in [0.1, 0.15) is 40.0 Å². The third kappa shape index (κ3) is 3.87. The molecule has 1 saturated heterocycles. The molecule has 1 N–H and O–H groups in total. The van der Waals surface area contributed by atoms with E-state index in [9.17, 15) is 4.79 Å². The van der Waals surface area contributed by atoms with Crippen molar-refractivity contribution in [3.8, 4) is 0 Å². The lowest BCUT2D eigenvalue weighted by Gasteiger charge is -2.33. The lowest BCUT2D eigenvalue weighted by molar-refractivity contribution is 0.0704. The molecule has 3 heterocycles. The minimum Gasteiger partial charge on any atom is -0.338 e. The second-order valence-corrected chi connectivity index (χ2v) is 8.15. The highest BCUT2D eigenvalue weighted by atomic mass is 35.5. The van der Waals surface area contributed by atoms with Crippen molar-refractivity contribution in [3.63, 3.8) is 0 Å². The van der Waals surface area contributed by atoms with Gasteiger partial charge in [0.15, 0.2) is 5.65 Å². The maximum Gasteiger partial charge on any atom is 0.256 e. The fraction of sp³-hybridized carbons (Fsp3) is 0.409. The number of aryl methyl sites for hydroxylation is 3. The number of rotatable bonds is 4. The van der Waals surface area contributed by atoms with E-state index in [1.165, 1.54) is 11.1 Å². The van der Waals surface area contributed by atoms with E-state index >= 15 is 0 Å². The van der Waals surface area contributed by atoms with Gasteiger partial charge in [-0.3, -0.25) is 9.48 Å². The number of fused-ring (bicyclic) bond motifs is 1. The van der Waals surface area contributed by atoms with E-state index < -0.39 is 0 Å². The van der Waals surface area contributed by atoms with Crippen LogP contribution in [0.4, 0.5) is 0 Å². The van der Waals surface area contributed by atoms with Crippen molar-refractivity contribution in [3.05, 3.63) is 57.9 Å². The van der Waals surface area contributed by atoms with E-state index in [1.54, 1.807) is 10.9 Å². The normalized spacial score (nSPS) is 15.2. The molecule has 0 bridgehead atoms. The van der Waals surface area contributed by atoms with Gasteiger partial charge < -0.3 is 10.2 Å². The van der Waals surface area contributed by atoms with Crippen LogP contribution in [0.15, 0.2) is 30.5 Å². The fourth-order valence-corrected chi connectivity index (χ4v) is 4.39. The molecule has 29 heavy (non-hydrogen) atoms. The third-order valence-corrected chi connectivity index (χ3v) is 6.21. The van der Waals surface area contributed by atoms with E-state index in [0.717, 1.165) is 30.5 Å². The predicted molar refractivity (Wildman–Crippen MR) is 115 cm³/mol. The molecule has 152 valence electrons. The summed E-state index contributed by atoms with van der Waals surface area (Å²) >= 11 is 6.58. The van der Waals surface area contributed by atoms with Gasteiger partial charge in [-0.05, 0) is 37.8 Å². The highest BCUT2D eigenvalue weighted by Crippen LogP contribution is 2.29. The number of carbonyl (C=O) groups is 1. The van der Waals surface area contributed by atoms with Gasteiger partial charge in [0.25, 0.3) is 5.91 Å². The Labute approximate surface area is 175 Å². The molecule has 1 fully saturated rings. The molecule has 0 aliphatic carbocycles. The number of halogens is 1. The van der Waals surface area contributed by atoms with Crippen molar-refractivity contribution in [2.75, 3.05) is 13.1 Å². The first kappa shape index (κ1) is 19.9. The van der Waals surface area contributed by atoms with Crippen molar-refractivity contribution in [2.45, 2.75) is 39.3 Å². The molecule has 6 nitrogen and oxygen atoms in total. The fourth-order valence-electron chi connectivity index (χ4n) is 4.04. The first-order valence-electron chi connectivity index (χ1n) is 10.0. The van der Waals surface area contributed by atoms with Crippen LogP contribution in [-0.2, 0) is 13.6 Å². The van der Waals surface area contributed by atoms with E-state index in [-0.39, 0.29) is 5.91 Å². The zero-order valence-corrected chi connectivity index (χ0v) is 17.8. The first-order chi connectivity index (χ1) is 14.0. The Morgan fingerprint density at radius 2 is 1.97 bits per heavy atom. The maximum atomic E-state index is 13.1. The number of likely N-dealkylation sites (tertiary alicyclic amines) is 1. The Hall–Kier alpha value is -2.44. The molecule has 1 aliphatic heterocycles. The van der Waals surface area contributed by atoms with Gasteiger partial charge in [-0.25, -0.2) is 4.98 Å². The molecule has 4 rings (SSSR count). The van der Waals surface area contributed by atoms with Crippen molar-refractivity contribution >= 4 is 28.5 Å². The number of benzene rings is 1. The number of hydrogen-bond donors (Lipinski definition) is 1. The van der Waals surface area contributed by atoms with Crippen LogP contribution in [0.2, 0.25) is 5.02 Å². The maximum absolute atomic E-state index is 13.1. The highest BCUT2D eigenvalue weighted by molar-refractivity contribution is 6.38. The molecule has 0 unspecified atom stereocenters. The third-order valence-electron chi connectivity index (χ3n) is 5.82. The molecule has 2 aromatic heterocycles. The Balaban J connectivity index is 1.40. The van der Waals surface area contributed by atoms with Crippen LogP contribution >= 0.6 is 11.6 Å². The number of carbonyl (C=O) groups excluding carboxylic acids is 1. The smallest absolute Gasteiger partial charge is 0.256 e. The Morgan fingerprint density at radius 1 is 1.24 bits per heavy atom. The second-order valence-electron chi connectivity index (χ2n) is 7.77. The summed E-state index contributed by atoms with van der Waals surface area (Å²) in [4.78, 5) is 19.4. The summed E-state index contributed by atoms with van der Waals surface area (Å²) in [5.74, 6) is -0.0509. The number of piperidine rings is 1. The molecule has 3 aromatic rings. The molecule has 0 radical (unpaired) electrons. The monoisotopic (exact) mass is 411 g/mol. The van der Waals surface area contributed by atoms with Gasteiger partial charge in [0.05, 0.1) is 21.7 Å². The Kier molecular flexibility index (Phi) is 5.56. The number of hydrogen-bond acceptors (Lipinski definition) is 4. The Morgan fingerprint density at radius 3 is 2.69 bits per heavy atom. The van der Waals surface area contributed by atoms with Crippen molar-refractivity contribution < 1.29 is 4.79 Å². The summed E-state index contributed by atoms with van der Waals surface area (Å²) in [6.07, 6.45) is 3.43. The van der Waals surface area contributed by atoms with E-state index in [4.69, 9.17) is 11.6 Å². The number of nitrogens with one attached hydrogen (secondary N) is 1. The number of amides is 1. The summed E-state index contributed by atoms with van der Waals surface area (Å²) in [7, 11) is 1.83. The molecule has 0 atom stereocenters. The molecule has 7 heteroatoms. The van der Waals surface area contributed by atoms with E-state index in [1.807, 2.05) is 18.9 Å². The molecule has 1 amide bonds. The van der Waals surface area contributed by atoms with Gasteiger partial charge in [0.2, 0.25) is 0 Å². The van der Waals surface area contributed by atoms with E-state index in [0.29, 0.717) is 35.4 Å². The van der Waals surface area contributed by atoms with Crippen molar-refractivity contribution in [2.24, 2.45) is 7.05 Å². The average molecular weight is 412 g/mol. The van der Waals surface area contributed by atoms with Crippen LogP contribution in [0.3, 0.4) is 0 Å². The van der Waals surface area contributed by atoms with Crippen LogP contribution < -0.4 is 5.32 Å². The lowest BCUT2D eigenvalue weighted by Crippen LogP contribution is -2.44. The van der Waals surface area contributed by atoms with Gasteiger partial charge in [0, 0.05) is 38.9 Å². The quantitative estimate of drug-likeness (QED) is 0.712. The van der Waals surface area contributed by atoms with Gasteiger partial charge >= 0.3 is 0 Å². The van der Waals surface area contributed by atoms with Gasteiger partial charge in [-0.1, -0.05) is 35.9 Å². The summed E-state index contributed by atoms with van der Waals surface area (Å²) in [5.41, 5.74) is 4.57. The SMILES string of the molecule is Cc1ccccc1CNC1CCN(C(=O)c2cnc3c(c(C)nn3C)c2Cl)CC1. The largest absolute Gasteiger partial charge is 0.338 e. The topological polar surface area (TPSA) is 63.1 Å². The summed E-state index contributed by atoms with van der Waals surface area (Å²) < 4.78 is 1.69. The summed E-state index contributed by atoms with van der Waals surface area (Å²) in [6, 6.07) is 8.84. The van der Waals surface area contributed by atoms with Gasteiger partial charge in [-0.2, -0.15) is 5.10 Å². The van der Waals surface area contributed by atoms with Crippen LogP contribution in [-0.4, -0.2) is 44.7 Å². The second kappa shape index (κ2) is 8.13. The van der Waals surface area contributed by atoms with Crippen molar-refractivity contribution in [1.29, 1.82) is 0 Å². The van der Waals surface area contributed by atoms with Gasteiger partial charge in [-0.15, -0.1) is 0 Å². The zero-order valence-electron chi connectivity index (χ0n) is 17.1. The molecule has 0 spiro atoms. The minimum atomic E-state index is -0.0509. The highest BCUT2D eigenvalue weighted by Gasteiger charge is 2.26. The van der Waals surface area contributed by atoms with Crippen molar-refractivity contribution in [1.82, 2.24) is 25.0 Å².